The van der Waals surface area contributed by atoms with Crippen molar-refractivity contribution in [3.63, 3.8) is 0 Å². The second kappa shape index (κ2) is 6.50. The fourth-order valence-electron chi connectivity index (χ4n) is 2.46. The van der Waals surface area contributed by atoms with Crippen LogP contribution in [0.1, 0.15) is 17.0 Å². The molecule has 0 N–H and O–H groups in total. The molecular formula is C15H12N3O3S3-. The number of hydrogen-bond acceptors (Lipinski definition) is 7. The minimum atomic E-state index is -1.34. The lowest BCUT2D eigenvalue weighted by molar-refractivity contribution is -0.305. The van der Waals surface area contributed by atoms with Crippen LogP contribution in [0.4, 0.5) is 0 Å². The van der Waals surface area contributed by atoms with Gasteiger partial charge in [0.1, 0.15) is 4.32 Å². The van der Waals surface area contributed by atoms with Gasteiger partial charge >= 0.3 is 0 Å². The van der Waals surface area contributed by atoms with E-state index in [-0.39, 0.29) is 4.32 Å². The van der Waals surface area contributed by atoms with Crippen molar-refractivity contribution in [3.8, 4) is 5.13 Å². The number of thiocarbonyl (C=S) groups is 1. The second-order valence-corrected chi connectivity index (χ2v) is 7.67. The minimum absolute atomic E-state index is 0.226. The predicted octanol–water partition coefficient (Wildman–Crippen LogP) is 1.50. The summed E-state index contributed by atoms with van der Waals surface area (Å²) < 4.78 is 2.24. The van der Waals surface area contributed by atoms with Crippen LogP contribution in [0, 0.1) is 13.8 Å². The zero-order valence-corrected chi connectivity index (χ0v) is 15.3. The molecule has 0 spiro atoms. The Hall–Kier alpha value is -1.97. The number of carbonyl (C=O) groups is 2. The summed E-state index contributed by atoms with van der Waals surface area (Å²) in [6, 6.07) is 1.96. The Morgan fingerprint density at radius 3 is 2.83 bits per heavy atom. The van der Waals surface area contributed by atoms with E-state index >= 15 is 0 Å². The Morgan fingerprint density at radius 2 is 2.21 bits per heavy atom. The summed E-state index contributed by atoms with van der Waals surface area (Å²) in [6.07, 6.45) is 3.48. The molecule has 0 aliphatic carbocycles. The molecule has 1 amide bonds. The molecule has 3 heterocycles. The molecule has 124 valence electrons. The molecule has 0 aromatic carbocycles. The zero-order valence-electron chi connectivity index (χ0n) is 12.8. The average Bonchev–Trinajstić information content (AvgIpc) is 3.17. The topological polar surface area (TPSA) is 78.3 Å². The molecule has 3 rings (SSSR count). The Morgan fingerprint density at radius 1 is 1.46 bits per heavy atom. The number of hydrogen-bond donors (Lipinski definition) is 0. The maximum Gasteiger partial charge on any atom is 0.266 e. The van der Waals surface area contributed by atoms with E-state index in [1.54, 1.807) is 12.3 Å². The van der Waals surface area contributed by atoms with Crippen LogP contribution in [0.15, 0.2) is 22.5 Å². The van der Waals surface area contributed by atoms with Crippen molar-refractivity contribution >= 4 is 57.6 Å². The van der Waals surface area contributed by atoms with Crippen molar-refractivity contribution in [2.24, 2.45) is 0 Å². The van der Waals surface area contributed by atoms with Crippen LogP contribution < -0.4 is 5.11 Å². The number of rotatable bonds is 4. The first kappa shape index (κ1) is 16.9. The SMILES string of the molecule is Cc1cc(/C=C2\SC(=S)N(CC(=O)[O-])C2=O)c(C)n1-c1nccs1. The summed E-state index contributed by atoms with van der Waals surface area (Å²) in [7, 11) is 0. The van der Waals surface area contributed by atoms with E-state index in [0.717, 1.165) is 38.7 Å². The molecule has 1 aliphatic rings. The van der Waals surface area contributed by atoms with Crippen molar-refractivity contribution < 1.29 is 14.7 Å². The third-order valence-corrected chi connectivity index (χ3v) is 5.66. The molecule has 9 heteroatoms. The zero-order chi connectivity index (χ0) is 17.4. The van der Waals surface area contributed by atoms with Gasteiger partial charge < -0.3 is 9.90 Å². The Balaban J connectivity index is 1.96. The van der Waals surface area contributed by atoms with Crippen LogP contribution in [0.25, 0.3) is 11.2 Å². The number of aryl methyl sites for hydroxylation is 1. The molecule has 0 radical (unpaired) electrons. The first-order valence-electron chi connectivity index (χ1n) is 6.92. The normalized spacial score (nSPS) is 16.4. The fourth-order valence-corrected chi connectivity index (χ4v) is 4.46. The van der Waals surface area contributed by atoms with Gasteiger partial charge in [0.05, 0.1) is 17.4 Å². The van der Waals surface area contributed by atoms with E-state index in [1.807, 2.05) is 29.9 Å². The van der Waals surface area contributed by atoms with Gasteiger partial charge in [-0.15, -0.1) is 11.3 Å². The molecule has 0 bridgehead atoms. The quantitative estimate of drug-likeness (QED) is 0.593. The first-order chi connectivity index (χ1) is 11.4. The highest BCUT2D eigenvalue weighted by Crippen LogP contribution is 2.33. The molecule has 1 aliphatic heterocycles. The maximum atomic E-state index is 12.3. The second-order valence-electron chi connectivity index (χ2n) is 5.12. The number of carbonyl (C=O) groups excluding carboxylic acids is 2. The van der Waals surface area contributed by atoms with E-state index in [9.17, 15) is 14.7 Å². The van der Waals surface area contributed by atoms with E-state index < -0.39 is 18.4 Å². The molecule has 2 aromatic rings. The molecule has 0 saturated carbocycles. The summed E-state index contributed by atoms with van der Waals surface area (Å²) >= 11 is 7.70. The number of carboxylic acid groups (broad SMARTS) is 1. The first-order valence-corrected chi connectivity index (χ1v) is 9.03. The van der Waals surface area contributed by atoms with Crippen molar-refractivity contribution in [1.82, 2.24) is 14.5 Å². The molecule has 0 atom stereocenters. The summed E-state index contributed by atoms with van der Waals surface area (Å²) in [4.78, 5) is 28.8. The van der Waals surface area contributed by atoms with Crippen molar-refractivity contribution in [1.29, 1.82) is 0 Å². The molecule has 6 nitrogen and oxygen atoms in total. The number of thiazole rings is 1. The van der Waals surface area contributed by atoms with Crippen LogP contribution >= 0.6 is 35.3 Å². The van der Waals surface area contributed by atoms with Gasteiger partial charge in [0.2, 0.25) is 0 Å². The molecule has 1 saturated heterocycles. The van der Waals surface area contributed by atoms with Gasteiger partial charge in [-0.1, -0.05) is 24.0 Å². The Bertz CT molecular complexity index is 868. The largest absolute Gasteiger partial charge is 0.548 e. The van der Waals surface area contributed by atoms with Crippen LogP contribution in [-0.4, -0.2) is 37.2 Å². The van der Waals surface area contributed by atoms with E-state index in [0.29, 0.717) is 4.91 Å². The van der Waals surface area contributed by atoms with Crippen LogP contribution in [-0.2, 0) is 9.59 Å². The number of aliphatic carboxylic acids is 1. The Kier molecular flexibility index (Phi) is 4.57. The van der Waals surface area contributed by atoms with Crippen molar-refractivity contribution in [2.45, 2.75) is 13.8 Å². The lowest BCUT2D eigenvalue weighted by atomic mass is 10.2. The number of aromatic nitrogens is 2. The van der Waals surface area contributed by atoms with E-state index in [2.05, 4.69) is 4.98 Å². The lowest BCUT2D eigenvalue weighted by Gasteiger charge is -2.14. The van der Waals surface area contributed by atoms with Gasteiger partial charge in [-0.25, -0.2) is 4.98 Å². The molecule has 1 fully saturated rings. The summed E-state index contributed by atoms with van der Waals surface area (Å²) in [5.74, 6) is -1.75. The number of thioether (sulfide) groups is 1. The highest BCUT2D eigenvalue weighted by atomic mass is 32.2. The number of amides is 1. The van der Waals surface area contributed by atoms with Crippen molar-refractivity contribution in [2.75, 3.05) is 6.54 Å². The molecule has 2 aromatic heterocycles. The van der Waals surface area contributed by atoms with Gasteiger partial charge in [-0.2, -0.15) is 0 Å². The summed E-state index contributed by atoms with van der Waals surface area (Å²) in [6.45, 7) is 3.38. The fraction of sp³-hybridized carbons (Fsp3) is 0.200. The van der Waals surface area contributed by atoms with E-state index in [1.165, 1.54) is 11.3 Å². The summed E-state index contributed by atoms with van der Waals surface area (Å²) in [5, 5.41) is 13.5. The highest BCUT2D eigenvalue weighted by Gasteiger charge is 2.32. The number of carboxylic acids is 1. The van der Waals surface area contributed by atoms with Gasteiger partial charge in [0.25, 0.3) is 5.91 Å². The standard InChI is InChI=1S/C15H13N3O3S3/c1-8-5-10(9(2)18(8)14-16-3-4-23-14)6-11-13(21)17(7-12(19)20)15(22)24-11/h3-6H,7H2,1-2H3,(H,19,20)/p-1/b11-6-. The van der Waals surface area contributed by atoms with Gasteiger partial charge in [-0.3, -0.25) is 14.3 Å². The third kappa shape index (κ3) is 3.02. The molecule has 24 heavy (non-hydrogen) atoms. The average molecular weight is 378 g/mol. The number of nitrogens with zero attached hydrogens (tertiary/aromatic N) is 3. The highest BCUT2D eigenvalue weighted by molar-refractivity contribution is 8.26. The van der Waals surface area contributed by atoms with Crippen LogP contribution in [0.2, 0.25) is 0 Å². The van der Waals surface area contributed by atoms with Crippen LogP contribution in [0.3, 0.4) is 0 Å². The maximum absolute atomic E-state index is 12.3. The Labute approximate surface area is 151 Å². The lowest BCUT2D eigenvalue weighted by Crippen LogP contribution is -2.40. The van der Waals surface area contributed by atoms with Gasteiger partial charge in [0.15, 0.2) is 5.13 Å². The smallest absolute Gasteiger partial charge is 0.266 e. The van der Waals surface area contributed by atoms with Gasteiger partial charge in [-0.05, 0) is 31.6 Å². The van der Waals surface area contributed by atoms with Crippen LogP contribution in [0.5, 0.6) is 0 Å². The molecule has 0 unspecified atom stereocenters. The minimum Gasteiger partial charge on any atom is -0.548 e. The summed E-state index contributed by atoms with van der Waals surface area (Å²) in [5.41, 5.74) is 2.82. The van der Waals surface area contributed by atoms with Crippen molar-refractivity contribution in [3.05, 3.63) is 39.5 Å². The molecular weight excluding hydrogens is 366 g/mol. The monoisotopic (exact) mass is 378 g/mol. The van der Waals surface area contributed by atoms with Gasteiger partial charge in [0, 0.05) is 23.0 Å². The predicted molar refractivity (Wildman–Crippen MR) is 95.8 cm³/mol. The van der Waals surface area contributed by atoms with E-state index in [4.69, 9.17) is 12.2 Å². The third-order valence-electron chi connectivity index (χ3n) is 3.53.